The number of carbonyl (C=O) groups is 1. The molecule has 0 radical (unpaired) electrons. The highest BCUT2D eigenvalue weighted by atomic mass is 32.2. The van der Waals surface area contributed by atoms with Gasteiger partial charge < -0.3 is 5.32 Å². The number of pyridine rings is 1. The van der Waals surface area contributed by atoms with Gasteiger partial charge in [0.1, 0.15) is 0 Å². The highest BCUT2D eigenvalue weighted by Crippen LogP contribution is 2.17. The number of nitrogens with zero attached hydrogens (tertiary/aromatic N) is 1. The fraction of sp³-hybridized carbons (Fsp3) is 0.333. The predicted molar refractivity (Wildman–Crippen MR) is 104 cm³/mol. The van der Waals surface area contributed by atoms with Crippen LogP contribution >= 0.6 is 0 Å². The van der Waals surface area contributed by atoms with E-state index < -0.39 is 25.9 Å². The monoisotopic (exact) mass is 423 g/mol. The molecule has 2 atom stereocenters. The molecule has 1 saturated heterocycles. The van der Waals surface area contributed by atoms with E-state index >= 15 is 0 Å². The summed E-state index contributed by atoms with van der Waals surface area (Å²) in [6.07, 6.45) is 1.90. The van der Waals surface area contributed by atoms with E-state index in [2.05, 4.69) is 15.0 Å². The minimum atomic E-state index is -3.86. The lowest BCUT2D eigenvalue weighted by Crippen LogP contribution is -2.35. The molecule has 3 rings (SSSR count). The average Bonchev–Trinajstić information content (AvgIpc) is 3.00. The first-order valence-electron chi connectivity index (χ1n) is 8.71. The molecular weight excluding hydrogens is 402 g/mol. The van der Waals surface area contributed by atoms with E-state index in [0.717, 1.165) is 0 Å². The number of hydrogen-bond acceptors (Lipinski definition) is 6. The minimum absolute atomic E-state index is 0.0201. The SMILES string of the molecule is CC(NC(=O)c1ccc(S(=O)(=O)NC2CCS(=O)(=O)C2)cc1)c1ccccn1. The van der Waals surface area contributed by atoms with Crippen LogP contribution in [0.3, 0.4) is 0 Å². The average molecular weight is 424 g/mol. The summed E-state index contributed by atoms with van der Waals surface area (Å²) < 4.78 is 50.3. The maximum absolute atomic E-state index is 12.4. The van der Waals surface area contributed by atoms with Gasteiger partial charge in [-0.15, -0.1) is 0 Å². The lowest BCUT2D eigenvalue weighted by atomic mass is 10.1. The van der Waals surface area contributed by atoms with Crippen molar-refractivity contribution in [1.29, 1.82) is 0 Å². The lowest BCUT2D eigenvalue weighted by molar-refractivity contribution is 0.0939. The topological polar surface area (TPSA) is 122 Å². The maximum atomic E-state index is 12.4. The van der Waals surface area contributed by atoms with Crippen molar-refractivity contribution in [1.82, 2.24) is 15.0 Å². The van der Waals surface area contributed by atoms with Gasteiger partial charge >= 0.3 is 0 Å². The Labute approximate surface area is 164 Å². The zero-order valence-electron chi connectivity index (χ0n) is 15.2. The van der Waals surface area contributed by atoms with Crippen LogP contribution in [-0.4, -0.2) is 45.3 Å². The van der Waals surface area contributed by atoms with Crippen LogP contribution in [0.25, 0.3) is 0 Å². The highest BCUT2D eigenvalue weighted by molar-refractivity contribution is 7.92. The van der Waals surface area contributed by atoms with Crippen molar-refractivity contribution in [3.05, 3.63) is 59.9 Å². The van der Waals surface area contributed by atoms with Crippen LogP contribution in [0.5, 0.6) is 0 Å². The first-order valence-corrected chi connectivity index (χ1v) is 12.0. The molecular formula is C18H21N3O5S2. The number of carbonyl (C=O) groups excluding carboxylic acids is 1. The fourth-order valence-corrected chi connectivity index (χ4v) is 6.00. The number of sulfonamides is 1. The molecule has 1 aliphatic rings. The van der Waals surface area contributed by atoms with Crippen LogP contribution in [0.4, 0.5) is 0 Å². The third kappa shape index (κ3) is 4.94. The van der Waals surface area contributed by atoms with Crippen molar-refractivity contribution in [2.75, 3.05) is 11.5 Å². The van der Waals surface area contributed by atoms with Crippen LogP contribution < -0.4 is 10.0 Å². The van der Waals surface area contributed by atoms with Gasteiger partial charge in [0.2, 0.25) is 10.0 Å². The Balaban J connectivity index is 1.66. The molecule has 1 fully saturated rings. The lowest BCUT2D eigenvalue weighted by Gasteiger charge is -2.14. The number of amides is 1. The Morgan fingerprint density at radius 3 is 2.46 bits per heavy atom. The molecule has 2 heterocycles. The second kappa shape index (κ2) is 7.98. The molecule has 0 saturated carbocycles. The molecule has 1 aliphatic heterocycles. The molecule has 0 bridgehead atoms. The fourth-order valence-electron chi connectivity index (χ4n) is 2.95. The van der Waals surface area contributed by atoms with E-state index in [1.54, 1.807) is 25.3 Å². The van der Waals surface area contributed by atoms with E-state index in [0.29, 0.717) is 11.3 Å². The summed E-state index contributed by atoms with van der Waals surface area (Å²) in [6.45, 7) is 1.80. The summed E-state index contributed by atoms with van der Waals surface area (Å²) in [4.78, 5) is 16.5. The Bertz CT molecular complexity index is 1050. The second-order valence-electron chi connectivity index (χ2n) is 6.70. The van der Waals surface area contributed by atoms with E-state index in [1.165, 1.54) is 24.3 Å². The molecule has 150 valence electrons. The molecule has 2 unspecified atom stereocenters. The van der Waals surface area contributed by atoms with Gasteiger partial charge in [0.05, 0.1) is 28.1 Å². The van der Waals surface area contributed by atoms with Gasteiger partial charge in [-0.2, -0.15) is 0 Å². The largest absolute Gasteiger partial charge is 0.344 e. The first kappa shape index (κ1) is 20.4. The molecule has 8 nitrogen and oxygen atoms in total. The van der Waals surface area contributed by atoms with Gasteiger partial charge in [-0.25, -0.2) is 21.6 Å². The third-order valence-corrected chi connectivity index (χ3v) is 7.76. The number of rotatable bonds is 6. The van der Waals surface area contributed by atoms with Crippen LogP contribution in [0.1, 0.15) is 35.4 Å². The van der Waals surface area contributed by atoms with Crippen molar-refractivity contribution < 1.29 is 21.6 Å². The summed E-state index contributed by atoms with van der Waals surface area (Å²) in [5.74, 6) is -0.566. The maximum Gasteiger partial charge on any atom is 0.251 e. The second-order valence-corrected chi connectivity index (χ2v) is 10.6. The van der Waals surface area contributed by atoms with Gasteiger partial charge in [0, 0.05) is 17.8 Å². The molecule has 1 aromatic heterocycles. The molecule has 2 N–H and O–H groups in total. The molecule has 10 heteroatoms. The Morgan fingerprint density at radius 2 is 1.89 bits per heavy atom. The number of sulfone groups is 1. The Hall–Kier alpha value is -2.30. The van der Waals surface area contributed by atoms with E-state index in [-0.39, 0.29) is 34.8 Å². The molecule has 28 heavy (non-hydrogen) atoms. The number of aromatic nitrogens is 1. The van der Waals surface area contributed by atoms with Crippen molar-refractivity contribution in [2.24, 2.45) is 0 Å². The quantitative estimate of drug-likeness (QED) is 0.716. The number of hydrogen-bond donors (Lipinski definition) is 2. The zero-order valence-corrected chi connectivity index (χ0v) is 16.8. The summed E-state index contributed by atoms with van der Waals surface area (Å²) in [6, 6.07) is 9.97. The summed E-state index contributed by atoms with van der Waals surface area (Å²) in [7, 11) is -7.05. The number of benzene rings is 1. The van der Waals surface area contributed by atoms with Crippen molar-refractivity contribution in [2.45, 2.75) is 30.3 Å². The third-order valence-electron chi connectivity index (χ3n) is 4.46. The van der Waals surface area contributed by atoms with Crippen LogP contribution in [0.2, 0.25) is 0 Å². The molecule has 0 spiro atoms. The normalized spacial score (nSPS) is 19.8. The minimum Gasteiger partial charge on any atom is -0.344 e. The van der Waals surface area contributed by atoms with Gasteiger partial charge in [-0.05, 0) is 49.7 Å². The first-order chi connectivity index (χ1) is 13.2. The van der Waals surface area contributed by atoms with Crippen LogP contribution in [0.15, 0.2) is 53.6 Å². The molecule has 0 aliphatic carbocycles. The number of nitrogens with one attached hydrogen (secondary N) is 2. The molecule has 1 aromatic carbocycles. The van der Waals surface area contributed by atoms with Gasteiger partial charge in [0.25, 0.3) is 5.91 Å². The van der Waals surface area contributed by atoms with E-state index in [1.807, 2.05) is 6.07 Å². The van der Waals surface area contributed by atoms with Crippen molar-refractivity contribution in [3.63, 3.8) is 0 Å². The summed E-state index contributed by atoms with van der Waals surface area (Å²) in [5.41, 5.74) is 1.02. The summed E-state index contributed by atoms with van der Waals surface area (Å²) in [5, 5.41) is 2.81. The Kier molecular flexibility index (Phi) is 5.82. The van der Waals surface area contributed by atoms with Crippen molar-refractivity contribution in [3.8, 4) is 0 Å². The van der Waals surface area contributed by atoms with E-state index in [4.69, 9.17) is 0 Å². The predicted octanol–water partition coefficient (Wildman–Crippen LogP) is 1.04. The van der Waals surface area contributed by atoms with Crippen LogP contribution in [0, 0.1) is 0 Å². The van der Waals surface area contributed by atoms with E-state index in [9.17, 15) is 21.6 Å². The molecule has 2 aromatic rings. The van der Waals surface area contributed by atoms with Crippen molar-refractivity contribution >= 4 is 25.8 Å². The molecule has 1 amide bonds. The highest BCUT2D eigenvalue weighted by Gasteiger charge is 2.31. The van der Waals surface area contributed by atoms with Gasteiger partial charge in [0.15, 0.2) is 9.84 Å². The zero-order chi connectivity index (χ0) is 20.4. The van der Waals surface area contributed by atoms with Crippen LogP contribution in [-0.2, 0) is 19.9 Å². The Morgan fingerprint density at radius 1 is 1.18 bits per heavy atom. The van der Waals surface area contributed by atoms with Gasteiger partial charge in [-0.1, -0.05) is 6.07 Å². The standard InChI is InChI=1S/C18H21N3O5S2/c1-13(17-4-2-3-10-19-17)20-18(22)14-5-7-16(8-6-14)28(25,26)21-15-9-11-27(23,24)12-15/h2-8,10,13,15,21H,9,11-12H2,1H3,(H,20,22). The smallest absolute Gasteiger partial charge is 0.251 e. The summed E-state index contributed by atoms with van der Waals surface area (Å²) >= 11 is 0. The van der Waals surface area contributed by atoms with Gasteiger partial charge in [-0.3, -0.25) is 9.78 Å².